The van der Waals surface area contributed by atoms with Crippen molar-refractivity contribution < 1.29 is 25.2 Å². The third-order valence-corrected chi connectivity index (χ3v) is 0.492. The number of Topliss-reactive ketones (excluding diaryl/α,β-unsaturated/α-hetero) is 1. The summed E-state index contributed by atoms with van der Waals surface area (Å²) in [6.07, 6.45) is 2.51. The number of rotatable bonds is 2. The Labute approximate surface area is 58.1 Å². The topological polar surface area (TPSA) is 17.1 Å². The van der Waals surface area contributed by atoms with Crippen molar-refractivity contribution in [2.24, 2.45) is 0 Å². The minimum absolute atomic E-state index is 0. The largest absolute Gasteiger partial charge is 0.335 e. The van der Waals surface area contributed by atoms with Crippen LogP contribution in [0.1, 0.15) is 20.3 Å². The Balaban J connectivity index is 0. The zero-order chi connectivity index (χ0) is 4.99. The predicted molar refractivity (Wildman–Crippen MR) is 25.3 cm³/mol. The van der Waals surface area contributed by atoms with E-state index in [2.05, 4.69) is 0 Å². The maximum Gasteiger partial charge on any atom is 0 e. The van der Waals surface area contributed by atoms with Crippen LogP contribution in [-0.2, 0) is 25.2 Å². The van der Waals surface area contributed by atoms with Crippen LogP contribution in [-0.4, -0.2) is 5.78 Å². The zero-order valence-electron chi connectivity index (χ0n) is 4.57. The Bertz CT molecular complexity index is 52.0. The molecule has 7 heavy (non-hydrogen) atoms. The third kappa shape index (κ3) is 10.7. The van der Waals surface area contributed by atoms with E-state index < -0.39 is 0 Å². The number of hydrogen-bond acceptors (Lipinski definition) is 1. The fourth-order valence-corrected chi connectivity index (χ4v) is 0.287. The Morgan fingerprint density at radius 2 is 2.14 bits per heavy atom. The molecule has 0 aromatic heterocycles. The van der Waals surface area contributed by atoms with Gasteiger partial charge in [0.05, 0.1) is 0 Å². The standard InChI is InChI=1S/C5H9O.Re/c1-3-4-5(2)6;/h4H,3H2,1-2H3;/q-1;. The molecule has 0 bridgehead atoms. The molecule has 0 spiro atoms. The summed E-state index contributed by atoms with van der Waals surface area (Å²) in [5, 5.41) is 0. The third-order valence-electron chi connectivity index (χ3n) is 0.492. The number of carbonyl (C=O) groups is 1. The van der Waals surface area contributed by atoms with Gasteiger partial charge in [-0.3, -0.25) is 0 Å². The second kappa shape index (κ2) is 6.20. The molecule has 0 aromatic carbocycles. The molecule has 0 heterocycles. The first-order valence-corrected chi connectivity index (χ1v) is 2.11. The maximum atomic E-state index is 9.99. The van der Waals surface area contributed by atoms with Crippen molar-refractivity contribution in [3.8, 4) is 0 Å². The number of hydrogen-bond donors (Lipinski definition) is 0. The van der Waals surface area contributed by atoms with Gasteiger partial charge < -0.3 is 11.2 Å². The molecule has 0 aliphatic heterocycles. The molecule has 0 saturated heterocycles. The van der Waals surface area contributed by atoms with Crippen LogP contribution in [0.3, 0.4) is 0 Å². The van der Waals surface area contributed by atoms with E-state index in [-0.39, 0.29) is 26.2 Å². The average molecular weight is 271 g/mol. The molecule has 0 fully saturated rings. The molecule has 43 valence electrons. The van der Waals surface area contributed by atoms with Gasteiger partial charge in [0.25, 0.3) is 0 Å². The minimum atomic E-state index is 0. The van der Waals surface area contributed by atoms with Crippen LogP contribution in [0.4, 0.5) is 0 Å². The summed E-state index contributed by atoms with van der Waals surface area (Å²) in [6.45, 7) is 3.50. The van der Waals surface area contributed by atoms with Gasteiger partial charge in [0.1, 0.15) is 0 Å². The Morgan fingerprint density at radius 1 is 1.71 bits per heavy atom. The maximum absolute atomic E-state index is 9.99. The van der Waals surface area contributed by atoms with Gasteiger partial charge in [-0.25, -0.2) is 0 Å². The first-order valence-electron chi connectivity index (χ1n) is 2.11. The smallest absolute Gasteiger partial charge is 0 e. The van der Waals surface area contributed by atoms with E-state index in [1.807, 2.05) is 6.92 Å². The molecule has 0 atom stereocenters. The fraction of sp³-hybridized carbons (Fsp3) is 0.600. The van der Waals surface area contributed by atoms with Crippen LogP contribution in [0.2, 0.25) is 0 Å². The molecule has 2 heteroatoms. The monoisotopic (exact) mass is 272 g/mol. The molecule has 1 radical (unpaired) electrons. The van der Waals surface area contributed by atoms with Crippen molar-refractivity contribution in [2.75, 3.05) is 0 Å². The molecule has 0 aliphatic carbocycles. The van der Waals surface area contributed by atoms with E-state index in [1.165, 1.54) is 0 Å². The summed E-state index contributed by atoms with van der Waals surface area (Å²) < 4.78 is 0. The molecule has 0 N–H and O–H groups in total. The van der Waals surface area contributed by atoms with Gasteiger partial charge in [0, 0.05) is 20.4 Å². The van der Waals surface area contributed by atoms with Crippen LogP contribution in [0.15, 0.2) is 0 Å². The molecular formula is C5H9ORe-. The van der Waals surface area contributed by atoms with E-state index in [9.17, 15) is 4.79 Å². The van der Waals surface area contributed by atoms with Crippen LogP contribution < -0.4 is 0 Å². The van der Waals surface area contributed by atoms with Gasteiger partial charge in [0.2, 0.25) is 0 Å². The first kappa shape index (κ1) is 10.2. The predicted octanol–water partition coefficient (Wildman–Crippen LogP) is 1.19. The molecule has 0 saturated carbocycles. The summed E-state index contributed by atoms with van der Waals surface area (Å²) >= 11 is 0. The summed E-state index contributed by atoms with van der Waals surface area (Å²) in [5.41, 5.74) is 0. The van der Waals surface area contributed by atoms with Crippen molar-refractivity contribution in [3.63, 3.8) is 0 Å². The first-order chi connectivity index (χ1) is 2.77. The summed E-state index contributed by atoms with van der Waals surface area (Å²) in [7, 11) is 0. The SMILES string of the molecule is CC[CH-]C(C)=O.[Re]. The number of carbonyl (C=O) groups excluding carboxylic acids is 1. The van der Waals surface area contributed by atoms with E-state index in [4.69, 9.17) is 0 Å². The Morgan fingerprint density at radius 3 is 2.14 bits per heavy atom. The molecule has 0 aromatic rings. The second-order valence-corrected chi connectivity index (χ2v) is 1.22. The van der Waals surface area contributed by atoms with Gasteiger partial charge in [0.15, 0.2) is 0 Å². The van der Waals surface area contributed by atoms with E-state index in [1.54, 1.807) is 13.3 Å². The van der Waals surface area contributed by atoms with Crippen molar-refractivity contribution in [1.82, 2.24) is 0 Å². The van der Waals surface area contributed by atoms with Crippen molar-refractivity contribution in [1.29, 1.82) is 0 Å². The second-order valence-electron chi connectivity index (χ2n) is 1.22. The van der Waals surface area contributed by atoms with Crippen molar-refractivity contribution >= 4 is 5.78 Å². The Kier molecular flexibility index (Phi) is 9.07. The van der Waals surface area contributed by atoms with Crippen LogP contribution in [0.25, 0.3) is 0 Å². The average Bonchev–Trinajstić information content (AvgIpc) is 1.35. The molecule has 0 rings (SSSR count). The van der Waals surface area contributed by atoms with Crippen molar-refractivity contribution in [3.05, 3.63) is 6.42 Å². The molecular weight excluding hydrogens is 262 g/mol. The van der Waals surface area contributed by atoms with Gasteiger partial charge >= 0.3 is 0 Å². The fourth-order valence-electron chi connectivity index (χ4n) is 0.287. The van der Waals surface area contributed by atoms with Gasteiger partial charge in [-0.1, -0.05) is 6.92 Å². The van der Waals surface area contributed by atoms with Gasteiger partial charge in [-0.05, 0) is 12.7 Å². The van der Waals surface area contributed by atoms with Crippen LogP contribution in [0.5, 0.6) is 0 Å². The van der Waals surface area contributed by atoms with Gasteiger partial charge in [-0.15, -0.1) is 0 Å². The number of ketones is 1. The summed E-state index contributed by atoms with van der Waals surface area (Å²) in [6, 6.07) is 0. The normalized spacial score (nSPS) is 6.57. The molecule has 1 nitrogen and oxygen atoms in total. The van der Waals surface area contributed by atoms with Gasteiger partial charge in [-0.2, -0.15) is 6.42 Å². The minimum Gasteiger partial charge on any atom is -0.335 e. The van der Waals surface area contributed by atoms with Crippen molar-refractivity contribution in [2.45, 2.75) is 20.3 Å². The zero-order valence-corrected chi connectivity index (χ0v) is 7.29. The van der Waals surface area contributed by atoms with Crippen LogP contribution in [0, 0.1) is 6.42 Å². The Hall–Kier alpha value is 0.202. The molecule has 0 amide bonds. The summed E-state index contributed by atoms with van der Waals surface area (Å²) in [5.74, 6) is 0.164. The summed E-state index contributed by atoms with van der Waals surface area (Å²) in [4.78, 5) is 9.99. The van der Waals surface area contributed by atoms with E-state index in [0.717, 1.165) is 6.42 Å². The van der Waals surface area contributed by atoms with E-state index >= 15 is 0 Å². The van der Waals surface area contributed by atoms with Crippen LogP contribution >= 0.6 is 0 Å². The molecule has 0 aliphatic rings. The quantitative estimate of drug-likeness (QED) is 0.690. The molecule has 0 unspecified atom stereocenters. The van der Waals surface area contributed by atoms with E-state index in [0.29, 0.717) is 0 Å².